The lowest BCUT2D eigenvalue weighted by atomic mass is 10.1. The maximum atomic E-state index is 13.2. The zero-order valence-electron chi connectivity index (χ0n) is 25.4. The number of nitrogens with zero attached hydrogens (tertiary/aromatic N) is 3. The van der Waals surface area contributed by atoms with E-state index in [1.54, 1.807) is 75.7 Å². The first-order valence-corrected chi connectivity index (χ1v) is 14.6. The maximum absolute atomic E-state index is 13.2. The average Bonchev–Trinajstić information content (AvgIpc) is 3.32. The van der Waals surface area contributed by atoms with Gasteiger partial charge in [-0.1, -0.05) is 18.2 Å². The summed E-state index contributed by atoms with van der Waals surface area (Å²) in [4.78, 5) is 48.6. The maximum Gasteiger partial charge on any atom is 0.376 e. The summed E-state index contributed by atoms with van der Waals surface area (Å²) in [5, 5.41) is 3.99. The minimum absolute atomic E-state index is 0.0350. The van der Waals surface area contributed by atoms with Crippen molar-refractivity contribution in [1.29, 1.82) is 0 Å². The summed E-state index contributed by atoms with van der Waals surface area (Å²) < 4.78 is 21.8. The van der Waals surface area contributed by atoms with Crippen molar-refractivity contribution in [3.05, 3.63) is 107 Å². The van der Waals surface area contributed by atoms with E-state index in [9.17, 15) is 14.4 Å². The van der Waals surface area contributed by atoms with Crippen LogP contribution < -0.4 is 19.5 Å². The summed E-state index contributed by atoms with van der Waals surface area (Å²) in [6.07, 6.45) is 0.463. The van der Waals surface area contributed by atoms with Crippen LogP contribution in [0.3, 0.4) is 0 Å². The standard InChI is InChI=1S/C35H30N4O7/c1-4-45-35(42)32-37-28-8-6-5-7-26(28)31(38-32)36-22-10-12-23(13-11-22)46-24-14-15-25-27(20-24)34(41)39(33(25)40)18-17-21-9-16-29(43-2)30(19-21)44-3/h5-16,19-20H,4,17-18H2,1-3H3,(H,36,37,38). The molecule has 4 aromatic carbocycles. The second kappa shape index (κ2) is 12.9. The van der Waals surface area contributed by atoms with Crippen molar-refractivity contribution < 1.29 is 33.3 Å². The molecule has 6 rings (SSSR count). The van der Waals surface area contributed by atoms with Gasteiger partial charge in [-0.2, -0.15) is 0 Å². The highest BCUT2D eigenvalue weighted by Crippen LogP contribution is 2.32. The molecule has 2 amide bonds. The molecule has 1 aliphatic rings. The number of anilines is 2. The van der Waals surface area contributed by atoms with Gasteiger partial charge in [0.1, 0.15) is 17.3 Å². The Morgan fingerprint density at radius 3 is 2.30 bits per heavy atom. The van der Waals surface area contributed by atoms with Crippen molar-refractivity contribution in [1.82, 2.24) is 14.9 Å². The van der Waals surface area contributed by atoms with Gasteiger partial charge in [-0.05, 0) is 85.6 Å². The van der Waals surface area contributed by atoms with Gasteiger partial charge < -0.3 is 24.3 Å². The Balaban J connectivity index is 1.14. The molecule has 2 heterocycles. The number of carbonyl (C=O) groups excluding carboxylic acids is 3. The molecule has 1 aromatic heterocycles. The number of hydrogen-bond donors (Lipinski definition) is 1. The van der Waals surface area contributed by atoms with E-state index in [0.717, 1.165) is 10.9 Å². The monoisotopic (exact) mass is 618 g/mol. The predicted octanol–water partition coefficient (Wildman–Crippen LogP) is 6.20. The fraction of sp³-hybridized carbons (Fsp3) is 0.171. The van der Waals surface area contributed by atoms with Crippen molar-refractivity contribution in [3.63, 3.8) is 0 Å². The lowest BCUT2D eigenvalue weighted by Gasteiger charge is -2.14. The minimum Gasteiger partial charge on any atom is -0.493 e. The van der Waals surface area contributed by atoms with Crippen LogP contribution in [-0.4, -0.2) is 60.0 Å². The summed E-state index contributed by atoms with van der Waals surface area (Å²) in [5.74, 6) is 1.24. The molecular formula is C35H30N4O7. The Hall–Kier alpha value is -5.97. The van der Waals surface area contributed by atoms with Crippen LogP contribution in [0, 0.1) is 0 Å². The zero-order chi connectivity index (χ0) is 32.2. The van der Waals surface area contributed by atoms with E-state index in [-0.39, 0.29) is 30.8 Å². The number of para-hydroxylation sites is 1. The third kappa shape index (κ3) is 6.03. The summed E-state index contributed by atoms with van der Waals surface area (Å²) in [6, 6.07) is 24.8. The molecule has 1 N–H and O–H groups in total. The Morgan fingerprint density at radius 2 is 1.54 bits per heavy atom. The highest BCUT2D eigenvalue weighted by atomic mass is 16.5. The molecule has 0 unspecified atom stereocenters. The van der Waals surface area contributed by atoms with E-state index >= 15 is 0 Å². The number of imide groups is 1. The van der Waals surface area contributed by atoms with Gasteiger partial charge in [-0.15, -0.1) is 0 Å². The first-order valence-electron chi connectivity index (χ1n) is 14.6. The quantitative estimate of drug-likeness (QED) is 0.135. The number of methoxy groups -OCH3 is 2. The van der Waals surface area contributed by atoms with Crippen molar-refractivity contribution in [2.75, 3.05) is 32.7 Å². The van der Waals surface area contributed by atoms with Crippen LogP contribution in [0.1, 0.15) is 43.8 Å². The summed E-state index contributed by atoms with van der Waals surface area (Å²) in [5.41, 5.74) is 2.84. The van der Waals surface area contributed by atoms with Gasteiger partial charge in [-0.3, -0.25) is 14.5 Å². The van der Waals surface area contributed by atoms with Gasteiger partial charge in [0.2, 0.25) is 5.82 Å². The number of fused-ring (bicyclic) bond motifs is 2. The van der Waals surface area contributed by atoms with E-state index in [1.807, 2.05) is 30.3 Å². The highest BCUT2D eigenvalue weighted by Gasteiger charge is 2.35. The smallest absolute Gasteiger partial charge is 0.376 e. The van der Waals surface area contributed by atoms with Gasteiger partial charge in [0.15, 0.2) is 11.5 Å². The number of amides is 2. The van der Waals surface area contributed by atoms with Gasteiger partial charge in [0, 0.05) is 17.6 Å². The molecule has 0 saturated heterocycles. The molecule has 5 aromatic rings. The normalized spacial score (nSPS) is 12.2. The molecule has 0 radical (unpaired) electrons. The van der Waals surface area contributed by atoms with Gasteiger partial charge >= 0.3 is 5.97 Å². The minimum atomic E-state index is -0.601. The molecule has 0 bridgehead atoms. The molecule has 0 saturated carbocycles. The van der Waals surface area contributed by atoms with Crippen LogP contribution in [-0.2, 0) is 11.2 Å². The van der Waals surface area contributed by atoms with E-state index < -0.39 is 5.97 Å². The van der Waals surface area contributed by atoms with Crippen molar-refractivity contribution in [2.45, 2.75) is 13.3 Å². The number of rotatable bonds is 11. The summed E-state index contributed by atoms with van der Waals surface area (Å²) in [7, 11) is 3.12. The van der Waals surface area contributed by atoms with Crippen molar-refractivity contribution in [2.24, 2.45) is 0 Å². The molecule has 0 spiro atoms. The number of nitrogens with one attached hydrogen (secondary N) is 1. The molecule has 0 aliphatic carbocycles. The van der Waals surface area contributed by atoms with E-state index in [4.69, 9.17) is 18.9 Å². The van der Waals surface area contributed by atoms with Crippen molar-refractivity contribution >= 4 is 40.2 Å². The third-order valence-electron chi connectivity index (χ3n) is 7.43. The van der Waals surface area contributed by atoms with E-state index in [1.165, 1.54) is 4.90 Å². The van der Waals surface area contributed by atoms with Crippen LogP contribution in [0.4, 0.5) is 11.5 Å². The van der Waals surface area contributed by atoms with Crippen LogP contribution in [0.2, 0.25) is 0 Å². The first-order chi connectivity index (χ1) is 22.4. The number of hydrogen-bond acceptors (Lipinski definition) is 10. The topological polar surface area (TPSA) is 129 Å². The Kier molecular flexibility index (Phi) is 8.46. The molecule has 0 atom stereocenters. The van der Waals surface area contributed by atoms with E-state index in [2.05, 4.69) is 15.3 Å². The van der Waals surface area contributed by atoms with Crippen molar-refractivity contribution in [3.8, 4) is 23.0 Å². The molecule has 232 valence electrons. The lowest BCUT2D eigenvalue weighted by Crippen LogP contribution is -2.31. The predicted molar refractivity (Wildman–Crippen MR) is 170 cm³/mol. The SMILES string of the molecule is CCOC(=O)c1nc(Nc2ccc(Oc3ccc4c(c3)C(=O)N(CCc3ccc(OC)c(OC)c3)C4=O)cc2)c2ccccc2n1. The summed E-state index contributed by atoms with van der Waals surface area (Å²) >= 11 is 0. The number of benzene rings is 4. The molecule has 46 heavy (non-hydrogen) atoms. The fourth-order valence-corrected chi connectivity index (χ4v) is 5.15. The number of carbonyl (C=O) groups is 3. The van der Waals surface area contributed by atoms with Gasteiger partial charge in [-0.25, -0.2) is 14.8 Å². The lowest BCUT2D eigenvalue weighted by molar-refractivity contribution is 0.0511. The van der Waals surface area contributed by atoms with Crippen LogP contribution in [0.5, 0.6) is 23.0 Å². The largest absolute Gasteiger partial charge is 0.493 e. The number of ether oxygens (including phenoxy) is 4. The number of aromatic nitrogens is 2. The molecular weight excluding hydrogens is 588 g/mol. The van der Waals surface area contributed by atoms with Gasteiger partial charge in [0.25, 0.3) is 11.8 Å². The fourth-order valence-electron chi connectivity index (χ4n) is 5.15. The molecule has 11 nitrogen and oxygen atoms in total. The Bertz CT molecular complexity index is 1960. The third-order valence-corrected chi connectivity index (χ3v) is 7.43. The van der Waals surface area contributed by atoms with Crippen LogP contribution >= 0.6 is 0 Å². The van der Waals surface area contributed by atoms with Crippen LogP contribution in [0.15, 0.2) is 84.9 Å². The Morgan fingerprint density at radius 1 is 0.804 bits per heavy atom. The average molecular weight is 619 g/mol. The van der Waals surface area contributed by atoms with E-state index in [0.29, 0.717) is 57.6 Å². The van der Waals surface area contributed by atoms with Gasteiger partial charge in [0.05, 0.1) is 37.5 Å². The molecule has 11 heteroatoms. The number of esters is 1. The Labute approximate surface area is 264 Å². The second-order valence-electron chi connectivity index (χ2n) is 10.3. The molecule has 0 fully saturated rings. The summed E-state index contributed by atoms with van der Waals surface area (Å²) in [6.45, 7) is 2.15. The highest BCUT2D eigenvalue weighted by molar-refractivity contribution is 6.21. The second-order valence-corrected chi connectivity index (χ2v) is 10.3. The zero-order valence-corrected chi connectivity index (χ0v) is 25.4. The van der Waals surface area contributed by atoms with Crippen LogP contribution in [0.25, 0.3) is 10.9 Å². The first kappa shape index (κ1) is 30.1. The molecule has 1 aliphatic heterocycles.